The molecular weight excluding hydrogens is 303 g/mol. The first-order chi connectivity index (χ1) is 9.95. The molecule has 0 aliphatic carbocycles. The van der Waals surface area contributed by atoms with Crippen molar-refractivity contribution < 1.29 is 17.7 Å². The molecule has 112 valence electrons. The van der Waals surface area contributed by atoms with Crippen LogP contribution in [0.5, 0.6) is 0 Å². The molecule has 0 bridgehead atoms. The first kappa shape index (κ1) is 14.2. The molecule has 3 rings (SSSR count). The van der Waals surface area contributed by atoms with E-state index in [1.807, 2.05) is 0 Å². The van der Waals surface area contributed by atoms with Crippen molar-refractivity contribution in [3.63, 3.8) is 0 Å². The predicted molar refractivity (Wildman–Crippen MR) is 73.6 cm³/mol. The minimum Gasteiger partial charge on any atom is -0.398 e. The van der Waals surface area contributed by atoms with Crippen LogP contribution in [-0.4, -0.2) is 15.9 Å². The molecule has 1 fully saturated rings. The van der Waals surface area contributed by atoms with Crippen LogP contribution in [-0.2, 0) is 6.18 Å². The lowest BCUT2D eigenvalue weighted by molar-refractivity contribution is -0.137. The fraction of sp³-hybridized carbons (Fsp3) is 0.385. The molecule has 1 aliphatic rings. The second-order valence-electron chi connectivity index (χ2n) is 4.76. The van der Waals surface area contributed by atoms with Crippen molar-refractivity contribution in [1.82, 2.24) is 10.1 Å². The number of benzene rings is 1. The lowest BCUT2D eigenvalue weighted by atomic mass is 10.1. The Morgan fingerprint density at radius 2 is 2.14 bits per heavy atom. The van der Waals surface area contributed by atoms with E-state index in [-0.39, 0.29) is 16.8 Å². The molecule has 0 radical (unpaired) electrons. The van der Waals surface area contributed by atoms with Gasteiger partial charge in [0.25, 0.3) is 5.89 Å². The zero-order chi connectivity index (χ0) is 15.0. The second kappa shape index (κ2) is 5.25. The number of nitrogens with two attached hydrogens (primary N) is 1. The van der Waals surface area contributed by atoms with E-state index in [2.05, 4.69) is 10.1 Å². The van der Waals surface area contributed by atoms with E-state index in [1.54, 1.807) is 11.8 Å². The minimum absolute atomic E-state index is 0.0286. The fourth-order valence-corrected chi connectivity index (χ4v) is 3.39. The number of aromatic nitrogens is 2. The van der Waals surface area contributed by atoms with Gasteiger partial charge in [-0.15, -0.1) is 0 Å². The Hall–Kier alpha value is -1.70. The van der Waals surface area contributed by atoms with Crippen LogP contribution in [0.4, 0.5) is 18.9 Å². The van der Waals surface area contributed by atoms with Gasteiger partial charge in [0.05, 0.1) is 16.4 Å². The summed E-state index contributed by atoms with van der Waals surface area (Å²) in [5, 5.41) is 4.09. The number of nitrogen functional groups attached to an aromatic ring is 1. The first-order valence-corrected chi connectivity index (χ1v) is 7.42. The minimum atomic E-state index is -4.42. The summed E-state index contributed by atoms with van der Waals surface area (Å²) in [6.45, 7) is 0. The van der Waals surface area contributed by atoms with Gasteiger partial charge in [0.1, 0.15) is 0 Å². The van der Waals surface area contributed by atoms with E-state index in [1.165, 1.54) is 6.07 Å². The average molecular weight is 315 g/mol. The van der Waals surface area contributed by atoms with Gasteiger partial charge >= 0.3 is 6.18 Å². The van der Waals surface area contributed by atoms with Crippen molar-refractivity contribution in [3.8, 4) is 11.5 Å². The van der Waals surface area contributed by atoms with Gasteiger partial charge < -0.3 is 10.3 Å². The summed E-state index contributed by atoms with van der Waals surface area (Å²) in [7, 11) is 0. The van der Waals surface area contributed by atoms with E-state index < -0.39 is 11.7 Å². The molecular formula is C13H12F3N3OS. The van der Waals surface area contributed by atoms with Gasteiger partial charge in [-0.25, -0.2) is 0 Å². The Bertz CT molecular complexity index is 650. The second-order valence-corrected chi connectivity index (χ2v) is 6.07. The summed E-state index contributed by atoms with van der Waals surface area (Å²) >= 11 is 1.75. The Morgan fingerprint density at radius 3 is 2.76 bits per heavy atom. The predicted octanol–water partition coefficient (Wildman–Crippen LogP) is 3.91. The average Bonchev–Trinajstić information content (AvgIpc) is 3.08. The summed E-state index contributed by atoms with van der Waals surface area (Å²) in [5.74, 6) is 1.78. The molecule has 0 amide bonds. The first-order valence-electron chi connectivity index (χ1n) is 6.37. The number of halogens is 3. The SMILES string of the molecule is Nc1cc(C(F)(F)F)ccc1-c1nc(C2CCCS2)no1. The lowest BCUT2D eigenvalue weighted by Crippen LogP contribution is -2.06. The number of alkyl halides is 3. The largest absolute Gasteiger partial charge is 0.416 e. The summed E-state index contributed by atoms with van der Waals surface area (Å²) < 4.78 is 42.9. The van der Waals surface area contributed by atoms with Gasteiger partial charge in [0.15, 0.2) is 5.82 Å². The molecule has 0 saturated carbocycles. The molecule has 1 aromatic carbocycles. The van der Waals surface area contributed by atoms with Crippen LogP contribution in [0.15, 0.2) is 22.7 Å². The maximum absolute atomic E-state index is 12.6. The monoisotopic (exact) mass is 315 g/mol. The molecule has 1 atom stereocenters. The van der Waals surface area contributed by atoms with Crippen molar-refractivity contribution >= 4 is 17.4 Å². The number of anilines is 1. The number of rotatable bonds is 2. The lowest BCUT2D eigenvalue weighted by Gasteiger charge is -2.08. The maximum atomic E-state index is 12.6. The molecule has 1 aliphatic heterocycles. The van der Waals surface area contributed by atoms with Gasteiger partial charge in [0, 0.05) is 5.69 Å². The summed E-state index contributed by atoms with van der Waals surface area (Å²) in [4.78, 5) is 4.26. The van der Waals surface area contributed by atoms with Crippen molar-refractivity contribution in [2.24, 2.45) is 0 Å². The standard InChI is InChI=1S/C13H12F3N3OS/c14-13(15,16)7-3-4-8(9(17)6-7)12-18-11(19-20-12)10-2-1-5-21-10/h3-4,6,10H,1-2,5,17H2. The fourth-order valence-electron chi connectivity index (χ4n) is 2.19. The number of hydrogen-bond donors (Lipinski definition) is 1. The Kier molecular flexibility index (Phi) is 3.56. The van der Waals surface area contributed by atoms with E-state index >= 15 is 0 Å². The highest BCUT2D eigenvalue weighted by molar-refractivity contribution is 7.99. The van der Waals surface area contributed by atoms with Crippen LogP contribution in [0, 0.1) is 0 Å². The summed E-state index contributed by atoms with van der Waals surface area (Å²) in [6.07, 6.45) is -2.35. The molecule has 1 unspecified atom stereocenters. The van der Waals surface area contributed by atoms with Crippen LogP contribution in [0.1, 0.15) is 29.5 Å². The maximum Gasteiger partial charge on any atom is 0.416 e. The number of thioether (sulfide) groups is 1. The van der Waals surface area contributed by atoms with Crippen molar-refractivity contribution in [1.29, 1.82) is 0 Å². The molecule has 8 heteroatoms. The zero-order valence-electron chi connectivity index (χ0n) is 10.9. The van der Waals surface area contributed by atoms with Gasteiger partial charge in [-0.3, -0.25) is 0 Å². The Labute approximate surface area is 122 Å². The van der Waals surface area contributed by atoms with Crippen molar-refractivity contribution in [2.45, 2.75) is 24.3 Å². The highest BCUT2D eigenvalue weighted by Gasteiger charge is 2.31. The van der Waals surface area contributed by atoms with Gasteiger partial charge in [-0.2, -0.15) is 29.9 Å². The van der Waals surface area contributed by atoms with Gasteiger partial charge in [-0.05, 0) is 36.8 Å². The van der Waals surface area contributed by atoms with Crippen LogP contribution >= 0.6 is 11.8 Å². The molecule has 21 heavy (non-hydrogen) atoms. The van der Waals surface area contributed by atoms with E-state index in [9.17, 15) is 13.2 Å². The van der Waals surface area contributed by atoms with Gasteiger partial charge in [-0.1, -0.05) is 5.16 Å². The van der Waals surface area contributed by atoms with Crippen molar-refractivity contribution in [2.75, 3.05) is 11.5 Å². The van der Waals surface area contributed by atoms with Crippen LogP contribution in [0.2, 0.25) is 0 Å². The number of hydrogen-bond acceptors (Lipinski definition) is 5. The van der Waals surface area contributed by atoms with Gasteiger partial charge in [0.2, 0.25) is 0 Å². The molecule has 4 nitrogen and oxygen atoms in total. The Balaban J connectivity index is 1.90. The van der Waals surface area contributed by atoms with Crippen molar-refractivity contribution in [3.05, 3.63) is 29.6 Å². The number of nitrogens with zero attached hydrogens (tertiary/aromatic N) is 2. The van der Waals surface area contributed by atoms with Crippen LogP contribution in [0.25, 0.3) is 11.5 Å². The summed E-state index contributed by atoms with van der Waals surface area (Å²) in [6, 6.07) is 3.10. The molecule has 1 aromatic heterocycles. The zero-order valence-corrected chi connectivity index (χ0v) is 11.7. The van der Waals surface area contributed by atoms with E-state index in [0.29, 0.717) is 11.4 Å². The molecule has 2 aromatic rings. The third kappa shape index (κ3) is 2.85. The molecule has 1 saturated heterocycles. The normalized spacial score (nSPS) is 19.1. The van der Waals surface area contributed by atoms with E-state index in [4.69, 9.17) is 10.3 Å². The van der Waals surface area contributed by atoms with Crippen LogP contribution < -0.4 is 5.73 Å². The highest BCUT2D eigenvalue weighted by Crippen LogP contribution is 2.39. The molecule has 2 heterocycles. The third-order valence-corrected chi connectivity index (χ3v) is 4.64. The van der Waals surface area contributed by atoms with Crippen LogP contribution in [0.3, 0.4) is 0 Å². The topological polar surface area (TPSA) is 64.9 Å². The quantitative estimate of drug-likeness (QED) is 0.851. The smallest absolute Gasteiger partial charge is 0.398 e. The third-order valence-electron chi connectivity index (χ3n) is 3.27. The Morgan fingerprint density at radius 1 is 1.33 bits per heavy atom. The molecule has 2 N–H and O–H groups in total. The molecule has 0 spiro atoms. The van der Waals surface area contributed by atoms with E-state index in [0.717, 1.165) is 30.7 Å². The summed E-state index contributed by atoms with van der Waals surface area (Å²) in [5.41, 5.74) is 5.18. The highest BCUT2D eigenvalue weighted by atomic mass is 32.2.